The second-order valence-corrected chi connectivity index (χ2v) is 8.16. The average Bonchev–Trinajstić information content (AvgIpc) is 3.34. The van der Waals surface area contributed by atoms with Gasteiger partial charge in [0.15, 0.2) is 0 Å². The van der Waals surface area contributed by atoms with Gasteiger partial charge in [0.1, 0.15) is 11.5 Å². The van der Waals surface area contributed by atoms with Crippen molar-refractivity contribution in [2.45, 2.75) is 20.4 Å². The minimum absolute atomic E-state index is 0.296. The molecule has 3 aromatic rings. The lowest BCUT2D eigenvalue weighted by atomic mass is 9.98. The molecule has 158 valence electrons. The van der Waals surface area contributed by atoms with Crippen LogP contribution in [0.15, 0.2) is 48.8 Å². The fraction of sp³-hybridized carbons (Fsp3) is 0.292. The minimum Gasteiger partial charge on any atom is -0.381 e. The van der Waals surface area contributed by atoms with Gasteiger partial charge < -0.3 is 10.1 Å². The van der Waals surface area contributed by atoms with E-state index in [1.165, 1.54) is 6.20 Å². The van der Waals surface area contributed by atoms with E-state index in [4.69, 9.17) is 16.3 Å². The molecule has 0 bridgehead atoms. The summed E-state index contributed by atoms with van der Waals surface area (Å²) in [5.41, 5.74) is 2.85. The van der Waals surface area contributed by atoms with Crippen LogP contribution in [-0.4, -0.2) is 33.9 Å². The zero-order valence-electron chi connectivity index (χ0n) is 17.4. The first-order valence-electron chi connectivity index (χ1n) is 10.2. The van der Waals surface area contributed by atoms with Crippen molar-refractivity contribution in [3.63, 3.8) is 0 Å². The second kappa shape index (κ2) is 9.34. The number of benzene rings is 1. The van der Waals surface area contributed by atoms with Crippen molar-refractivity contribution in [1.82, 2.24) is 14.8 Å². The highest BCUT2D eigenvalue weighted by atomic mass is 35.5. The van der Waals surface area contributed by atoms with E-state index in [1.54, 1.807) is 10.9 Å². The molecule has 1 saturated heterocycles. The van der Waals surface area contributed by atoms with Gasteiger partial charge in [-0.3, -0.25) is 9.48 Å². The molecule has 0 saturated carbocycles. The lowest BCUT2D eigenvalue weighted by Crippen LogP contribution is -2.24. The fourth-order valence-corrected chi connectivity index (χ4v) is 3.72. The van der Waals surface area contributed by atoms with Crippen molar-refractivity contribution >= 4 is 23.3 Å². The summed E-state index contributed by atoms with van der Waals surface area (Å²) in [6, 6.07) is 11.6. The molecular formula is C24H23ClN4O2. The standard InChI is InChI=1S/C24H23ClN4O2/c1-16-10-19(9-8-18-6-4-3-5-7-18)11-26-23(16)28-24(30)22-21(25)12-27-29(22)13-20-15-31-14-17(20)2/h3-7,10-12,17,20H,13-15H2,1-2H3,(H,26,28,30). The molecule has 7 heteroatoms. The Morgan fingerprint density at radius 1 is 1.23 bits per heavy atom. The lowest BCUT2D eigenvalue weighted by molar-refractivity contribution is 0.101. The molecule has 0 spiro atoms. The SMILES string of the molecule is Cc1cc(C#Cc2ccccc2)cnc1NC(=O)c1c(Cl)cnn1CC1COCC1C. The Labute approximate surface area is 186 Å². The number of ether oxygens (including phenoxy) is 1. The molecule has 0 radical (unpaired) electrons. The molecule has 1 N–H and O–H groups in total. The average molecular weight is 435 g/mol. The minimum atomic E-state index is -0.340. The summed E-state index contributed by atoms with van der Waals surface area (Å²) < 4.78 is 7.18. The normalized spacial score (nSPS) is 17.8. The number of rotatable bonds is 4. The number of aryl methyl sites for hydroxylation is 1. The van der Waals surface area contributed by atoms with Crippen LogP contribution in [0.3, 0.4) is 0 Å². The van der Waals surface area contributed by atoms with Gasteiger partial charge in [-0.1, -0.05) is 48.6 Å². The van der Waals surface area contributed by atoms with Crippen molar-refractivity contribution < 1.29 is 9.53 Å². The van der Waals surface area contributed by atoms with E-state index in [0.717, 1.165) is 23.3 Å². The van der Waals surface area contributed by atoms with Gasteiger partial charge in [-0.05, 0) is 36.6 Å². The first-order valence-corrected chi connectivity index (χ1v) is 10.5. The summed E-state index contributed by atoms with van der Waals surface area (Å²) in [5.74, 6) is 7.04. The van der Waals surface area contributed by atoms with Crippen LogP contribution < -0.4 is 5.32 Å². The molecule has 31 heavy (non-hydrogen) atoms. The maximum atomic E-state index is 13.0. The van der Waals surface area contributed by atoms with Crippen LogP contribution in [0.25, 0.3) is 0 Å². The number of hydrogen-bond donors (Lipinski definition) is 1. The fourth-order valence-electron chi connectivity index (χ4n) is 3.49. The van der Waals surface area contributed by atoms with Gasteiger partial charge in [0.25, 0.3) is 5.91 Å². The van der Waals surface area contributed by atoms with Crippen molar-refractivity contribution in [2.24, 2.45) is 11.8 Å². The zero-order chi connectivity index (χ0) is 21.8. The Kier molecular flexibility index (Phi) is 6.36. The molecule has 1 aliphatic heterocycles. The van der Waals surface area contributed by atoms with Crippen LogP contribution in [-0.2, 0) is 11.3 Å². The molecule has 2 atom stereocenters. The molecule has 3 heterocycles. The van der Waals surface area contributed by atoms with Crippen LogP contribution in [0.5, 0.6) is 0 Å². The first kappa shape index (κ1) is 21.1. The van der Waals surface area contributed by atoms with Gasteiger partial charge in [0.2, 0.25) is 0 Å². The number of anilines is 1. The summed E-state index contributed by atoms with van der Waals surface area (Å²) in [6.45, 7) is 5.98. The molecule has 1 aromatic carbocycles. The molecule has 6 nitrogen and oxygen atoms in total. The second-order valence-electron chi connectivity index (χ2n) is 7.76. The summed E-state index contributed by atoms with van der Waals surface area (Å²) >= 11 is 6.28. The number of nitrogens with zero attached hydrogens (tertiary/aromatic N) is 3. The Bertz CT molecular complexity index is 1150. The maximum Gasteiger partial charge on any atom is 0.276 e. The number of amides is 1. The smallest absolute Gasteiger partial charge is 0.276 e. The van der Waals surface area contributed by atoms with E-state index < -0.39 is 0 Å². The van der Waals surface area contributed by atoms with Gasteiger partial charge in [-0.25, -0.2) is 4.98 Å². The quantitative estimate of drug-likeness (QED) is 0.625. The van der Waals surface area contributed by atoms with E-state index in [2.05, 4.69) is 34.2 Å². The molecule has 2 aromatic heterocycles. The summed E-state index contributed by atoms with van der Waals surface area (Å²) in [7, 11) is 0. The first-order chi connectivity index (χ1) is 15.0. The van der Waals surface area contributed by atoms with E-state index in [9.17, 15) is 4.79 Å². The molecule has 1 amide bonds. The third-order valence-corrected chi connectivity index (χ3v) is 5.65. The Morgan fingerprint density at radius 3 is 2.71 bits per heavy atom. The van der Waals surface area contributed by atoms with E-state index in [0.29, 0.717) is 41.5 Å². The Hall–Kier alpha value is -3.14. The number of hydrogen-bond acceptors (Lipinski definition) is 4. The maximum absolute atomic E-state index is 13.0. The largest absolute Gasteiger partial charge is 0.381 e. The zero-order valence-corrected chi connectivity index (χ0v) is 18.2. The summed E-state index contributed by atoms with van der Waals surface area (Å²) in [6.07, 6.45) is 3.15. The van der Waals surface area contributed by atoms with Crippen molar-refractivity contribution in [2.75, 3.05) is 18.5 Å². The van der Waals surface area contributed by atoms with Gasteiger partial charge >= 0.3 is 0 Å². The van der Waals surface area contributed by atoms with Crippen LogP contribution >= 0.6 is 11.6 Å². The highest BCUT2D eigenvalue weighted by Crippen LogP contribution is 2.25. The molecule has 1 aliphatic rings. The Balaban J connectivity index is 1.49. The topological polar surface area (TPSA) is 69.0 Å². The predicted molar refractivity (Wildman–Crippen MR) is 120 cm³/mol. The lowest BCUT2D eigenvalue weighted by Gasteiger charge is -2.15. The Morgan fingerprint density at radius 2 is 2.00 bits per heavy atom. The van der Waals surface area contributed by atoms with Crippen LogP contribution in [0.1, 0.15) is 34.1 Å². The van der Waals surface area contributed by atoms with Crippen LogP contribution in [0.2, 0.25) is 5.02 Å². The molecule has 4 rings (SSSR count). The highest BCUT2D eigenvalue weighted by molar-refractivity contribution is 6.34. The predicted octanol–water partition coefficient (Wildman–Crippen LogP) is 4.17. The van der Waals surface area contributed by atoms with E-state index >= 15 is 0 Å². The van der Waals surface area contributed by atoms with Crippen molar-refractivity contribution in [3.8, 4) is 11.8 Å². The molecular weight excluding hydrogens is 412 g/mol. The highest BCUT2D eigenvalue weighted by Gasteiger charge is 2.27. The van der Waals surface area contributed by atoms with Crippen LogP contribution in [0.4, 0.5) is 5.82 Å². The molecule has 2 unspecified atom stereocenters. The van der Waals surface area contributed by atoms with Crippen LogP contribution in [0, 0.1) is 30.6 Å². The monoisotopic (exact) mass is 434 g/mol. The van der Waals surface area contributed by atoms with Gasteiger partial charge in [-0.2, -0.15) is 5.10 Å². The van der Waals surface area contributed by atoms with E-state index in [1.807, 2.05) is 43.3 Å². The third kappa shape index (κ3) is 4.96. The summed E-state index contributed by atoms with van der Waals surface area (Å²) in [4.78, 5) is 17.4. The van der Waals surface area contributed by atoms with E-state index in [-0.39, 0.29) is 5.91 Å². The summed E-state index contributed by atoms with van der Waals surface area (Å²) in [5, 5.41) is 7.46. The third-order valence-electron chi connectivity index (χ3n) is 5.37. The van der Waals surface area contributed by atoms with Gasteiger partial charge in [0.05, 0.1) is 17.8 Å². The van der Waals surface area contributed by atoms with Gasteiger partial charge in [-0.15, -0.1) is 0 Å². The number of aromatic nitrogens is 3. The molecule has 0 aliphatic carbocycles. The van der Waals surface area contributed by atoms with Crippen molar-refractivity contribution in [1.29, 1.82) is 0 Å². The number of carbonyl (C=O) groups is 1. The van der Waals surface area contributed by atoms with Gasteiger partial charge in [0, 0.05) is 36.4 Å². The molecule has 1 fully saturated rings. The van der Waals surface area contributed by atoms with Crippen molar-refractivity contribution in [3.05, 3.63) is 76.2 Å². The number of nitrogens with one attached hydrogen (secondary N) is 1. The number of pyridine rings is 1. The number of carbonyl (C=O) groups excluding carboxylic acids is 1. The number of halogens is 1.